The van der Waals surface area contributed by atoms with Crippen molar-refractivity contribution in [3.05, 3.63) is 54.1 Å². The lowest BCUT2D eigenvalue weighted by Crippen LogP contribution is -2.41. The Kier molecular flexibility index (Phi) is 6.36. The van der Waals surface area contributed by atoms with Gasteiger partial charge in [-0.25, -0.2) is 8.42 Å². The summed E-state index contributed by atoms with van der Waals surface area (Å²) in [5.74, 6) is 0.328. The summed E-state index contributed by atoms with van der Waals surface area (Å²) >= 11 is 0. The number of carbonyl (C=O) groups is 1. The molecule has 0 aliphatic carbocycles. The number of nitrogens with zero attached hydrogens (tertiary/aromatic N) is 1. The van der Waals surface area contributed by atoms with Gasteiger partial charge in [-0.05, 0) is 68.7 Å². The second kappa shape index (κ2) is 8.75. The van der Waals surface area contributed by atoms with E-state index < -0.39 is 10.0 Å². The van der Waals surface area contributed by atoms with Gasteiger partial charge >= 0.3 is 0 Å². The van der Waals surface area contributed by atoms with Crippen LogP contribution in [0.3, 0.4) is 0 Å². The van der Waals surface area contributed by atoms with Crippen LogP contribution in [0.2, 0.25) is 0 Å². The van der Waals surface area contributed by atoms with Crippen LogP contribution in [-0.2, 0) is 14.8 Å². The summed E-state index contributed by atoms with van der Waals surface area (Å²) in [7, 11) is -3.51. The van der Waals surface area contributed by atoms with Gasteiger partial charge in [-0.15, -0.1) is 0 Å². The standard InChI is InChI=1S/C21H26N2O4S/c1-16-6-5-8-19(14-16)27-15-21(24)22-18-9-11-20(12-10-18)28(25,26)23-13-4-3-7-17(23)2/h5-6,8-12,14,17H,3-4,7,13,15H2,1-2H3,(H,22,24). The van der Waals surface area contributed by atoms with Crippen molar-refractivity contribution in [2.45, 2.75) is 44.0 Å². The van der Waals surface area contributed by atoms with Crippen LogP contribution in [0.25, 0.3) is 0 Å². The minimum atomic E-state index is -3.51. The van der Waals surface area contributed by atoms with Crippen molar-refractivity contribution in [2.24, 2.45) is 0 Å². The quantitative estimate of drug-likeness (QED) is 0.801. The zero-order valence-electron chi connectivity index (χ0n) is 16.2. The molecule has 0 bridgehead atoms. The lowest BCUT2D eigenvalue weighted by atomic mass is 10.1. The Hall–Kier alpha value is -2.38. The fourth-order valence-electron chi connectivity index (χ4n) is 3.33. The molecule has 1 N–H and O–H groups in total. The Labute approximate surface area is 166 Å². The molecule has 0 aromatic heterocycles. The molecule has 0 saturated carbocycles. The largest absolute Gasteiger partial charge is 0.484 e. The lowest BCUT2D eigenvalue weighted by Gasteiger charge is -2.32. The number of hydrogen-bond donors (Lipinski definition) is 1. The summed E-state index contributed by atoms with van der Waals surface area (Å²) in [6.45, 7) is 4.33. The van der Waals surface area contributed by atoms with E-state index in [9.17, 15) is 13.2 Å². The van der Waals surface area contributed by atoms with Crippen molar-refractivity contribution in [1.82, 2.24) is 4.31 Å². The van der Waals surface area contributed by atoms with Gasteiger partial charge in [0.25, 0.3) is 5.91 Å². The summed E-state index contributed by atoms with van der Waals surface area (Å²) in [6, 6.07) is 13.8. The van der Waals surface area contributed by atoms with Crippen LogP contribution in [0.5, 0.6) is 5.75 Å². The molecule has 1 fully saturated rings. The van der Waals surface area contributed by atoms with E-state index in [0.717, 1.165) is 24.8 Å². The van der Waals surface area contributed by atoms with E-state index in [-0.39, 0.29) is 23.5 Å². The van der Waals surface area contributed by atoms with Crippen LogP contribution in [0.15, 0.2) is 53.4 Å². The first-order valence-corrected chi connectivity index (χ1v) is 10.9. The molecule has 1 atom stereocenters. The Bertz CT molecular complexity index is 926. The van der Waals surface area contributed by atoms with Crippen molar-refractivity contribution in [3.63, 3.8) is 0 Å². The summed E-state index contributed by atoms with van der Waals surface area (Å²) in [5, 5.41) is 2.72. The molecule has 1 heterocycles. The zero-order chi connectivity index (χ0) is 20.1. The Morgan fingerprint density at radius 3 is 2.61 bits per heavy atom. The minimum Gasteiger partial charge on any atom is -0.484 e. The number of aryl methyl sites for hydroxylation is 1. The number of rotatable bonds is 6. The molecule has 28 heavy (non-hydrogen) atoms. The van der Waals surface area contributed by atoms with Crippen molar-refractivity contribution in [2.75, 3.05) is 18.5 Å². The number of hydrogen-bond acceptors (Lipinski definition) is 4. The molecule has 2 aromatic carbocycles. The zero-order valence-corrected chi connectivity index (χ0v) is 17.0. The highest BCUT2D eigenvalue weighted by atomic mass is 32.2. The molecule has 1 amide bonds. The average Bonchev–Trinajstić information content (AvgIpc) is 2.67. The molecule has 6 nitrogen and oxygen atoms in total. The molecule has 1 saturated heterocycles. The van der Waals surface area contributed by atoms with Gasteiger partial charge < -0.3 is 10.1 Å². The highest BCUT2D eigenvalue weighted by Gasteiger charge is 2.30. The summed E-state index contributed by atoms with van der Waals surface area (Å²) in [6.07, 6.45) is 2.83. The van der Waals surface area contributed by atoms with Gasteiger partial charge in [-0.3, -0.25) is 4.79 Å². The van der Waals surface area contributed by atoms with E-state index in [2.05, 4.69) is 5.32 Å². The predicted molar refractivity (Wildman–Crippen MR) is 109 cm³/mol. The maximum absolute atomic E-state index is 12.8. The monoisotopic (exact) mass is 402 g/mol. The normalized spacial score (nSPS) is 17.9. The number of piperidine rings is 1. The van der Waals surface area contributed by atoms with Crippen molar-refractivity contribution < 1.29 is 17.9 Å². The van der Waals surface area contributed by atoms with Gasteiger partial charge in [0.2, 0.25) is 10.0 Å². The number of sulfonamides is 1. The first kappa shape index (κ1) is 20.4. The Morgan fingerprint density at radius 2 is 1.93 bits per heavy atom. The highest BCUT2D eigenvalue weighted by molar-refractivity contribution is 7.89. The maximum atomic E-state index is 12.8. The fourth-order valence-corrected chi connectivity index (χ4v) is 5.03. The first-order valence-electron chi connectivity index (χ1n) is 9.47. The molecule has 2 aromatic rings. The predicted octanol–water partition coefficient (Wildman–Crippen LogP) is 3.58. The van der Waals surface area contributed by atoms with E-state index in [1.165, 1.54) is 12.1 Å². The van der Waals surface area contributed by atoms with Gasteiger partial charge in [0, 0.05) is 18.3 Å². The number of ether oxygens (including phenoxy) is 1. The maximum Gasteiger partial charge on any atom is 0.262 e. The van der Waals surface area contributed by atoms with E-state index in [1.807, 2.05) is 32.0 Å². The van der Waals surface area contributed by atoms with Crippen LogP contribution in [-0.4, -0.2) is 37.8 Å². The molecule has 7 heteroatoms. The Morgan fingerprint density at radius 1 is 1.18 bits per heavy atom. The molecule has 150 valence electrons. The second-order valence-electron chi connectivity index (χ2n) is 7.14. The van der Waals surface area contributed by atoms with Gasteiger partial charge in [-0.1, -0.05) is 18.6 Å². The Balaban J connectivity index is 1.60. The van der Waals surface area contributed by atoms with E-state index in [1.54, 1.807) is 22.5 Å². The third-order valence-corrected chi connectivity index (χ3v) is 6.87. The van der Waals surface area contributed by atoms with Gasteiger partial charge in [0.05, 0.1) is 4.90 Å². The van der Waals surface area contributed by atoms with Crippen molar-refractivity contribution >= 4 is 21.6 Å². The second-order valence-corrected chi connectivity index (χ2v) is 9.03. The summed E-state index contributed by atoms with van der Waals surface area (Å²) in [4.78, 5) is 12.3. The number of anilines is 1. The van der Waals surface area contributed by atoms with Gasteiger partial charge in [-0.2, -0.15) is 4.31 Å². The highest BCUT2D eigenvalue weighted by Crippen LogP contribution is 2.25. The minimum absolute atomic E-state index is 0.0110. The molecule has 1 unspecified atom stereocenters. The van der Waals surface area contributed by atoms with E-state index >= 15 is 0 Å². The van der Waals surface area contributed by atoms with E-state index in [0.29, 0.717) is 18.0 Å². The molecule has 1 aliphatic rings. The van der Waals surface area contributed by atoms with Crippen LogP contribution in [0.4, 0.5) is 5.69 Å². The van der Waals surface area contributed by atoms with Crippen LogP contribution in [0, 0.1) is 6.92 Å². The fraction of sp³-hybridized carbons (Fsp3) is 0.381. The third-order valence-electron chi connectivity index (χ3n) is 4.85. The average molecular weight is 403 g/mol. The van der Waals surface area contributed by atoms with Crippen LogP contribution in [0.1, 0.15) is 31.7 Å². The smallest absolute Gasteiger partial charge is 0.262 e. The van der Waals surface area contributed by atoms with Crippen LogP contribution < -0.4 is 10.1 Å². The molecule has 0 spiro atoms. The summed E-state index contributed by atoms with van der Waals surface area (Å²) in [5.41, 5.74) is 1.58. The molecule has 1 aliphatic heterocycles. The van der Waals surface area contributed by atoms with Gasteiger partial charge in [0.1, 0.15) is 5.75 Å². The van der Waals surface area contributed by atoms with Crippen molar-refractivity contribution in [1.29, 1.82) is 0 Å². The number of nitrogens with one attached hydrogen (secondary N) is 1. The van der Waals surface area contributed by atoms with Crippen LogP contribution >= 0.6 is 0 Å². The molecule has 3 rings (SSSR count). The topological polar surface area (TPSA) is 75.7 Å². The molecular formula is C21H26N2O4S. The lowest BCUT2D eigenvalue weighted by molar-refractivity contribution is -0.118. The number of carbonyl (C=O) groups excluding carboxylic acids is 1. The van der Waals surface area contributed by atoms with Crippen molar-refractivity contribution in [3.8, 4) is 5.75 Å². The van der Waals surface area contributed by atoms with E-state index in [4.69, 9.17) is 4.74 Å². The number of amides is 1. The SMILES string of the molecule is Cc1cccc(OCC(=O)Nc2ccc(S(=O)(=O)N3CCCCC3C)cc2)c1. The first-order chi connectivity index (χ1) is 13.4. The summed E-state index contributed by atoms with van der Waals surface area (Å²) < 4.78 is 32.7. The molecule has 0 radical (unpaired) electrons. The molecular weight excluding hydrogens is 376 g/mol. The number of benzene rings is 2. The third kappa shape index (κ3) is 4.91. The van der Waals surface area contributed by atoms with Gasteiger partial charge in [0.15, 0.2) is 6.61 Å².